The van der Waals surface area contributed by atoms with Crippen LogP contribution >= 0.6 is 22.0 Å². The van der Waals surface area contributed by atoms with Gasteiger partial charge in [-0.2, -0.15) is 0 Å². The minimum absolute atomic E-state index is 0.00189. The molecule has 21 heavy (non-hydrogen) atoms. The van der Waals surface area contributed by atoms with Crippen molar-refractivity contribution in [1.29, 1.82) is 0 Å². The third-order valence-corrected chi connectivity index (χ3v) is 5.70. The molecule has 0 fully saturated rings. The molecule has 1 aromatic heterocycles. The molecule has 1 aromatic rings. The summed E-state index contributed by atoms with van der Waals surface area (Å²) in [6.07, 6.45) is 0.814. The summed E-state index contributed by atoms with van der Waals surface area (Å²) in [4.78, 5) is 12.9. The average molecular weight is 354 g/mol. The van der Waals surface area contributed by atoms with Crippen molar-refractivity contribution in [3.8, 4) is 0 Å². The molecule has 0 aliphatic heterocycles. The van der Waals surface area contributed by atoms with Gasteiger partial charge in [0.25, 0.3) is 15.0 Å². The number of halogens is 1. The van der Waals surface area contributed by atoms with Crippen molar-refractivity contribution in [3.05, 3.63) is 15.8 Å². The molecule has 0 aliphatic rings. The zero-order valence-electron chi connectivity index (χ0n) is 12.5. The largest absolute Gasteiger partial charge is 0.385 e. The van der Waals surface area contributed by atoms with E-state index in [9.17, 15) is 13.2 Å². The molecule has 120 valence electrons. The zero-order valence-corrected chi connectivity index (χ0v) is 14.9. The monoisotopic (exact) mass is 353 g/mol. The van der Waals surface area contributed by atoms with Gasteiger partial charge in [-0.3, -0.25) is 4.79 Å². The van der Waals surface area contributed by atoms with Crippen LogP contribution in [-0.2, 0) is 13.8 Å². The van der Waals surface area contributed by atoms with Crippen LogP contribution in [0.25, 0.3) is 0 Å². The first kappa shape index (κ1) is 18.4. The zero-order chi connectivity index (χ0) is 16.3. The van der Waals surface area contributed by atoms with Crippen LogP contribution < -0.4 is 5.32 Å². The van der Waals surface area contributed by atoms with Crippen LogP contribution in [0.5, 0.6) is 0 Å². The van der Waals surface area contributed by atoms with E-state index in [2.05, 4.69) is 5.32 Å². The molecule has 0 radical (unpaired) electrons. The number of hydrogen-bond acceptors (Lipinski definition) is 5. The lowest BCUT2D eigenvalue weighted by atomic mass is 9.90. The summed E-state index contributed by atoms with van der Waals surface area (Å²) in [7, 11) is 3.14. The summed E-state index contributed by atoms with van der Waals surface area (Å²) in [5.41, 5.74) is -0.0979. The van der Waals surface area contributed by atoms with Crippen molar-refractivity contribution in [2.75, 3.05) is 20.3 Å². The number of amides is 1. The number of aryl methyl sites for hydroxylation is 1. The van der Waals surface area contributed by atoms with Crippen LogP contribution in [0, 0.1) is 12.3 Å². The Labute approximate surface area is 134 Å². The van der Waals surface area contributed by atoms with Gasteiger partial charge in [-0.1, -0.05) is 13.8 Å². The smallest absolute Gasteiger partial charge is 0.262 e. The van der Waals surface area contributed by atoms with Crippen LogP contribution in [0.2, 0.25) is 0 Å². The van der Waals surface area contributed by atoms with Crippen molar-refractivity contribution in [2.24, 2.45) is 5.41 Å². The standard InChI is InChI=1S/C13H20ClNO4S2/c1-9-11(21(14,17)18)7-10(20-9)12(16)15-8-13(2,3)5-6-19-4/h7H,5-6,8H2,1-4H3,(H,15,16). The highest BCUT2D eigenvalue weighted by molar-refractivity contribution is 8.13. The number of ether oxygens (including phenoxy) is 1. The van der Waals surface area contributed by atoms with E-state index in [4.69, 9.17) is 15.4 Å². The van der Waals surface area contributed by atoms with E-state index in [1.54, 1.807) is 14.0 Å². The van der Waals surface area contributed by atoms with Crippen LogP contribution in [0.15, 0.2) is 11.0 Å². The van der Waals surface area contributed by atoms with E-state index >= 15 is 0 Å². The highest BCUT2D eigenvalue weighted by Crippen LogP contribution is 2.28. The lowest BCUT2D eigenvalue weighted by Gasteiger charge is -2.24. The molecule has 0 unspecified atom stereocenters. The van der Waals surface area contributed by atoms with E-state index in [0.29, 0.717) is 22.9 Å². The third-order valence-electron chi connectivity index (χ3n) is 3.07. The molecule has 1 heterocycles. The van der Waals surface area contributed by atoms with Crippen molar-refractivity contribution in [3.63, 3.8) is 0 Å². The second kappa shape index (κ2) is 7.09. The quantitative estimate of drug-likeness (QED) is 0.765. The van der Waals surface area contributed by atoms with Crippen LogP contribution in [0.3, 0.4) is 0 Å². The summed E-state index contributed by atoms with van der Waals surface area (Å²) in [5, 5.41) is 2.82. The van der Waals surface area contributed by atoms with Gasteiger partial charge >= 0.3 is 0 Å². The number of thiophene rings is 1. The van der Waals surface area contributed by atoms with Crippen LogP contribution in [-0.4, -0.2) is 34.6 Å². The molecule has 1 amide bonds. The Bertz CT molecular complexity index is 608. The molecule has 0 saturated heterocycles. The van der Waals surface area contributed by atoms with Gasteiger partial charge in [-0.15, -0.1) is 11.3 Å². The fraction of sp³-hybridized carbons (Fsp3) is 0.615. The highest BCUT2D eigenvalue weighted by atomic mass is 35.7. The van der Waals surface area contributed by atoms with Crippen molar-refractivity contribution >= 4 is 37.0 Å². The molecule has 0 bridgehead atoms. The Morgan fingerprint density at radius 1 is 1.48 bits per heavy atom. The lowest BCUT2D eigenvalue weighted by Crippen LogP contribution is -2.34. The Balaban J connectivity index is 2.73. The van der Waals surface area contributed by atoms with E-state index in [1.807, 2.05) is 13.8 Å². The van der Waals surface area contributed by atoms with E-state index in [-0.39, 0.29) is 16.2 Å². The number of carbonyl (C=O) groups is 1. The summed E-state index contributed by atoms with van der Waals surface area (Å²) in [6, 6.07) is 1.32. The third kappa shape index (κ3) is 5.58. The lowest BCUT2D eigenvalue weighted by molar-refractivity contribution is 0.0925. The topological polar surface area (TPSA) is 72.5 Å². The van der Waals surface area contributed by atoms with Gasteiger partial charge in [-0.05, 0) is 24.8 Å². The first-order valence-electron chi connectivity index (χ1n) is 6.39. The predicted octanol–water partition coefficient (Wildman–Crippen LogP) is 2.78. The Morgan fingerprint density at radius 3 is 2.57 bits per heavy atom. The van der Waals surface area contributed by atoms with Gasteiger partial charge in [0.1, 0.15) is 0 Å². The second-order valence-corrected chi connectivity index (χ2v) is 9.35. The average Bonchev–Trinajstić information content (AvgIpc) is 2.76. The maximum Gasteiger partial charge on any atom is 0.262 e. The van der Waals surface area contributed by atoms with E-state index in [0.717, 1.165) is 17.8 Å². The second-order valence-electron chi connectivity index (χ2n) is 5.56. The Kier molecular flexibility index (Phi) is 6.22. The Morgan fingerprint density at radius 2 is 2.10 bits per heavy atom. The summed E-state index contributed by atoms with van der Waals surface area (Å²) in [5.74, 6) is -0.292. The molecule has 8 heteroatoms. The molecule has 0 aromatic carbocycles. The fourth-order valence-electron chi connectivity index (χ4n) is 1.69. The molecule has 0 aliphatic carbocycles. The normalized spacial score (nSPS) is 12.4. The van der Waals surface area contributed by atoms with Gasteiger partial charge < -0.3 is 10.1 Å². The molecular formula is C13H20ClNO4S2. The van der Waals surface area contributed by atoms with Gasteiger partial charge in [-0.25, -0.2) is 8.42 Å². The first-order chi connectivity index (χ1) is 9.57. The highest BCUT2D eigenvalue weighted by Gasteiger charge is 2.22. The minimum atomic E-state index is -3.82. The summed E-state index contributed by atoms with van der Waals surface area (Å²) >= 11 is 1.12. The number of rotatable bonds is 7. The van der Waals surface area contributed by atoms with Crippen molar-refractivity contribution in [1.82, 2.24) is 5.32 Å². The fourth-order valence-corrected chi connectivity index (χ4v) is 4.27. The molecule has 0 spiro atoms. The molecular weight excluding hydrogens is 334 g/mol. The molecule has 0 saturated carbocycles. The maximum absolute atomic E-state index is 12.1. The van der Waals surface area contributed by atoms with Crippen molar-refractivity contribution in [2.45, 2.75) is 32.1 Å². The number of methoxy groups -OCH3 is 1. The van der Waals surface area contributed by atoms with Crippen LogP contribution in [0.1, 0.15) is 34.8 Å². The molecule has 0 atom stereocenters. The van der Waals surface area contributed by atoms with Gasteiger partial charge in [0, 0.05) is 35.8 Å². The Hall–Kier alpha value is -0.630. The SMILES string of the molecule is COCCC(C)(C)CNC(=O)c1cc(S(=O)(=O)Cl)c(C)s1. The summed E-state index contributed by atoms with van der Waals surface area (Å²) < 4.78 is 27.7. The van der Waals surface area contributed by atoms with E-state index < -0.39 is 9.05 Å². The molecule has 1 rings (SSSR count). The summed E-state index contributed by atoms with van der Waals surface area (Å²) in [6.45, 7) is 6.78. The predicted molar refractivity (Wildman–Crippen MR) is 84.7 cm³/mol. The van der Waals surface area contributed by atoms with E-state index in [1.165, 1.54) is 6.07 Å². The molecule has 1 N–H and O–H groups in total. The van der Waals surface area contributed by atoms with Gasteiger partial charge in [0.05, 0.1) is 9.77 Å². The van der Waals surface area contributed by atoms with Crippen molar-refractivity contribution < 1.29 is 17.9 Å². The first-order valence-corrected chi connectivity index (χ1v) is 9.51. The molecule has 5 nitrogen and oxygen atoms in total. The van der Waals surface area contributed by atoms with Gasteiger partial charge in [0.2, 0.25) is 0 Å². The minimum Gasteiger partial charge on any atom is -0.385 e. The number of hydrogen-bond donors (Lipinski definition) is 1. The maximum atomic E-state index is 12.1. The number of carbonyl (C=O) groups excluding carboxylic acids is 1. The van der Waals surface area contributed by atoms with Crippen LogP contribution in [0.4, 0.5) is 0 Å². The number of nitrogens with one attached hydrogen (secondary N) is 1. The van der Waals surface area contributed by atoms with Gasteiger partial charge in [0.15, 0.2) is 0 Å².